The van der Waals surface area contributed by atoms with Crippen molar-refractivity contribution in [2.45, 2.75) is 24.5 Å². The first kappa shape index (κ1) is 18.6. The van der Waals surface area contributed by atoms with Crippen molar-refractivity contribution < 1.29 is 9.53 Å². The highest BCUT2D eigenvalue weighted by atomic mass is 32.2. The van der Waals surface area contributed by atoms with Crippen LogP contribution in [-0.4, -0.2) is 39.6 Å². The van der Waals surface area contributed by atoms with E-state index in [2.05, 4.69) is 23.2 Å². The number of ether oxygens (including phenoxy) is 1. The van der Waals surface area contributed by atoms with Crippen molar-refractivity contribution in [2.75, 3.05) is 17.8 Å². The Morgan fingerprint density at radius 2 is 1.93 bits per heavy atom. The van der Waals surface area contributed by atoms with Crippen molar-refractivity contribution in [1.29, 1.82) is 0 Å². The second-order valence-electron chi connectivity index (χ2n) is 6.80. The molecule has 0 bridgehead atoms. The third-order valence-electron chi connectivity index (χ3n) is 4.98. The summed E-state index contributed by atoms with van der Waals surface area (Å²) in [6.07, 6.45) is 0.897. The van der Waals surface area contributed by atoms with E-state index in [0.717, 1.165) is 23.4 Å². The summed E-state index contributed by atoms with van der Waals surface area (Å²) in [4.78, 5) is 14.8. The zero-order chi connectivity index (χ0) is 19.7. The maximum absolute atomic E-state index is 12.9. The highest BCUT2D eigenvalue weighted by molar-refractivity contribution is 7.99. The van der Waals surface area contributed by atoms with Gasteiger partial charge in [-0.1, -0.05) is 42.1 Å². The minimum atomic E-state index is 0.0873. The van der Waals surface area contributed by atoms with E-state index in [0.29, 0.717) is 16.7 Å². The number of para-hydroxylation sites is 2. The van der Waals surface area contributed by atoms with Crippen molar-refractivity contribution in [2.24, 2.45) is 7.05 Å². The molecule has 1 aliphatic rings. The van der Waals surface area contributed by atoms with Crippen LogP contribution in [0.3, 0.4) is 0 Å². The molecule has 0 saturated heterocycles. The number of fused-ring (bicyclic) bond motifs is 1. The maximum atomic E-state index is 12.9. The predicted octanol–water partition coefficient (Wildman–Crippen LogP) is 3.56. The predicted molar refractivity (Wildman–Crippen MR) is 111 cm³/mol. The van der Waals surface area contributed by atoms with Gasteiger partial charge >= 0.3 is 0 Å². The Labute approximate surface area is 168 Å². The summed E-state index contributed by atoms with van der Waals surface area (Å²) in [5, 5.41) is 9.29. The van der Waals surface area contributed by atoms with Crippen LogP contribution < -0.4 is 9.64 Å². The highest BCUT2D eigenvalue weighted by Gasteiger charge is 2.30. The standard InChI is InChI=1S/C21H22N4O2S/c1-14-12-15-8-4-6-10-17(15)25(14)19(26)13-28-21-23-22-20(24(21)2)16-9-5-7-11-18(16)27-3/h4-11,14H,12-13H2,1-3H3. The number of aromatic nitrogens is 3. The van der Waals surface area contributed by atoms with Gasteiger partial charge in [0.1, 0.15) is 5.75 Å². The van der Waals surface area contributed by atoms with E-state index in [1.54, 1.807) is 7.11 Å². The number of rotatable bonds is 5. The van der Waals surface area contributed by atoms with Crippen molar-refractivity contribution in [1.82, 2.24) is 14.8 Å². The second kappa shape index (κ2) is 7.67. The number of nitrogens with zero attached hydrogens (tertiary/aromatic N) is 4. The first-order valence-corrected chi connectivity index (χ1v) is 10.1. The number of carbonyl (C=O) groups excluding carboxylic acids is 1. The molecule has 0 saturated carbocycles. The largest absolute Gasteiger partial charge is 0.496 e. The van der Waals surface area contributed by atoms with E-state index in [1.165, 1.54) is 17.3 Å². The molecule has 0 spiro atoms. The smallest absolute Gasteiger partial charge is 0.237 e. The van der Waals surface area contributed by atoms with E-state index in [4.69, 9.17) is 4.74 Å². The lowest BCUT2D eigenvalue weighted by atomic mass is 10.1. The summed E-state index contributed by atoms with van der Waals surface area (Å²) in [5.41, 5.74) is 3.12. The molecule has 0 fully saturated rings. The number of carbonyl (C=O) groups is 1. The van der Waals surface area contributed by atoms with Gasteiger partial charge in [0.15, 0.2) is 11.0 Å². The van der Waals surface area contributed by atoms with Crippen LogP contribution in [0.4, 0.5) is 5.69 Å². The molecule has 1 aliphatic heterocycles. The lowest BCUT2D eigenvalue weighted by molar-refractivity contribution is -0.116. The molecule has 7 heteroatoms. The van der Waals surface area contributed by atoms with Crippen molar-refractivity contribution in [3.8, 4) is 17.1 Å². The number of hydrogen-bond donors (Lipinski definition) is 0. The van der Waals surface area contributed by atoms with Gasteiger partial charge in [0.05, 0.1) is 18.4 Å². The summed E-state index contributed by atoms with van der Waals surface area (Å²) >= 11 is 1.40. The van der Waals surface area contributed by atoms with Crippen LogP contribution in [-0.2, 0) is 18.3 Å². The molecule has 144 valence electrons. The number of anilines is 1. The molecule has 4 rings (SSSR count). The first-order chi connectivity index (χ1) is 13.6. The van der Waals surface area contributed by atoms with E-state index in [9.17, 15) is 4.79 Å². The molecule has 1 aromatic heterocycles. The van der Waals surface area contributed by atoms with Gasteiger partial charge < -0.3 is 14.2 Å². The number of benzene rings is 2. The van der Waals surface area contributed by atoms with Crippen molar-refractivity contribution in [3.05, 3.63) is 54.1 Å². The van der Waals surface area contributed by atoms with Crippen molar-refractivity contribution >= 4 is 23.4 Å². The topological polar surface area (TPSA) is 60.3 Å². The summed E-state index contributed by atoms with van der Waals surface area (Å²) in [7, 11) is 3.54. The van der Waals surface area contributed by atoms with Gasteiger partial charge in [-0.3, -0.25) is 4.79 Å². The Balaban J connectivity index is 1.51. The molecule has 0 N–H and O–H groups in total. The molecule has 1 unspecified atom stereocenters. The molecule has 3 aromatic rings. The fraction of sp³-hybridized carbons (Fsp3) is 0.286. The van der Waals surface area contributed by atoms with Crippen LogP contribution in [0.5, 0.6) is 5.75 Å². The summed E-state index contributed by atoms with van der Waals surface area (Å²) < 4.78 is 7.33. The lowest BCUT2D eigenvalue weighted by Crippen LogP contribution is -2.37. The quantitative estimate of drug-likeness (QED) is 0.619. The minimum Gasteiger partial charge on any atom is -0.496 e. The van der Waals surface area contributed by atoms with Gasteiger partial charge in [0, 0.05) is 18.8 Å². The Hall–Kier alpha value is -2.80. The normalized spacial score (nSPS) is 15.5. The Kier molecular flexibility index (Phi) is 5.09. The zero-order valence-electron chi connectivity index (χ0n) is 16.1. The van der Waals surface area contributed by atoms with E-state index in [1.807, 2.05) is 59.0 Å². The average Bonchev–Trinajstić information content (AvgIpc) is 3.24. The van der Waals surface area contributed by atoms with E-state index in [-0.39, 0.29) is 11.9 Å². The van der Waals surface area contributed by atoms with Gasteiger partial charge in [-0.2, -0.15) is 0 Å². The van der Waals surface area contributed by atoms with Crippen molar-refractivity contribution in [3.63, 3.8) is 0 Å². The number of thioether (sulfide) groups is 1. The molecule has 28 heavy (non-hydrogen) atoms. The number of hydrogen-bond acceptors (Lipinski definition) is 5. The summed E-state index contributed by atoms with van der Waals surface area (Å²) in [6, 6.07) is 16.0. The average molecular weight is 395 g/mol. The number of amides is 1. The van der Waals surface area contributed by atoms with Gasteiger partial charge in [0.2, 0.25) is 5.91 Å². The molecule has 1 atom stereocenters. The third kappa shape index (κ3) is 3.26. The maximum Gasteiger partial charge on any atom is 0.237 e. The fourth-order valence-electron chi connectivity index (χ4n) is 3.65. The van der Waals surface area contributed by atoms with Crippen LogP contribution >= 0.6 is 11.8 Å². The fourth-order valence-corrected chi connectivity index (χ4v) is 4.42. The minimum absolute atomic E-state index is 0.0873. The van der Waals surface area contributed by atoms with E-state index < -0.39 is 0 Å². The molecular weight excluding hydrogens is 372 g/mol. The number of methoxy groups -OCH3 is 1. The summed E-state index contributed by atoms with van der Waals surface area (Å²) in [6.45, 7) is 2.09. The van der Waals surface area contributed by atoms with Gasteiger partial charge in [-0.25, -0.2) is 0 Å². The molecule has 0 radical (unpaired) electrons. The Bertz CT molecular complexity index is 1020. The van der Waals surface area contributed by atoms with Crippen LogP contribution in [0.2, 0.25) is 0 Å². The molecule has 0 aliphatic carbocycles. The summed E-state index contributed by atoms with van der Waals surface area (Å²) in [5.74, 6) is 1.86. The molecule has 6 nitrogen and oxygen atoms in total. The Morgan fingerprint density at radius 3 is 2.75 bits per heavy atom. The molecule has 2 heterocycles. The first-order valence-electron chi connectivity index (χ1n) is 9.15. The van der Waals surface area contributed by atoms with Crippen LogP contribution in [0, 0.1) is 0 Å². The van der Waals surface area contributed by atoms with Gasteiger partial charge in [-0.15, -0.1) is 10.2 Å². The van der Waals surface area contributed by atoms with Gasteiger partial charge in [0.25, 0.3) is 0 Å². The van der Waals surface area contributed by atoms with Crippen LogP contribution in [0.15, 0.2) is 53.7 Å². The Morgan fingerprint density at radius 1 is 1.18 bits per heavy atom. The zero-order valence-corrected chi connectivity index (χ0v) is 16.9. The molecule has 1 amide bonds. The second-order valence-corrected chi connectivity index (χ2v) is 7.74. The lowest BCUT2D eigenvalue weighted by Gasteiger charge is -2.22. The highest BCUT2D eigenvalue weighted by Crippen LogP contribution is 2.33. The monoisotopic (exact) mass is 394 g/mol. The third-order valence-corrected chi connectivity index (χ3v) is 5.99. The molecule has 2 aromatic carbocycles. The van der Waals surface area contributed by atoms with Crippen LogP contribution in [0.1, 0.15) is 12.5 Å². The molecular formula is C21H22N4O2S. The van der Waals surface area contributed by atoms with Gasteiger partial charge in [-0.05, 0) is 37.1 Å². The van der Waals surface area contributed by atoms with E-state index >= 15 is 0 Å². The van der Waals surface area contributed by atoms with Crippen LogP contribution in [0.25, 0.3) is 11.4 Å². The SMILES string of the molecule is COc1ccccc1-c1nnc(SCC(=O)N2c3ccccc3CC2C)n1C.